The van der Waals surface area contributed by atoms with Gasteiger partial charge in [-0.1, -0.05) is 44.2 Å². The van der Waals surface area contributed by atoms with Gasteiger partial charge in [-0.3, -0.25) is 9.69 Å². The number of nitrogens with zero attached hydrogens (tertiary/aromatic N) is 2. The van der Waals surface area contributed by atoms with Gasteiger partial charge in [0.1, 0.15) is 5.75 Å². The number of ether oxygens (including phenoxy) is 1. The number of benzene rings is 2. The molecule has 5 nitrogen and oxygen atoms in total. The van der Waals surface area contributed by atoms with E-state index in [1.54, 1.807) is 0 Å². The van der Waals surface area contributed by atoms with Crippen LogP contribution in [0.4, 0.5) is 5.69 Å². The number of aryl methyl sites for hydroxylation is 1. The van der Waals surface area contributed by atoms with Crippen molar-refractivity contribution in [1.82, 2.24) is 10.2 Å². The number of carbonyl (C=O) groups is 1. The average molecular weight is 410 g/mol. The summed E-state index contributed by atoms with van der Waals surface area (Å²) in [6.45, 7) is 12.3. The normalized spacial score (nSPS) is 14.7. The fourth-order valence-corrected chi connectivity index (χ4v) is 3.84. The monoisotopic (exact) mass is 409 g/mol. The van der Waals surface area contributed by atoms with Crippen molar-refractivity contribution in [2.24, 2.45) is 0 Å². The quantitative estimate of drug-likeness (QED) is 0.640. The van der Waals surface area contributed by atoms with E-state index in [-0.39, 0.29) is 12.5 Å². The van der Waals surface area contributed by atoms with Crippen molar-refractivity contribution in [3.8, 4) is 5.75 Å². The van der Waals surface area contributed by atoms with Crippen molar-refractivity contribution in [3.05, 3.63) is 59.7 Å². The van der Waals surface area contributed by atoms with E-state index in [4.69, 9.17) is 4.74 Å². The highest BCUT2D eigenvalue weighted by atomic mass is 16.5. The number of nitrogens with one attached hydrogen (secondary N) is 1. The first-order chi connectivity index (χ1) is 14.5. The molecule has 2 aromatic carbocycles. The third-order valence-electron chi connectivity index (χ3n) is 5.62. The Balaban J connectivity index is 1.32. The molecule has 0 radical (unpaired) electrons. The van der Waals surface area contributed by atoms with Gasteiger partial charge in [0.2, 0.25) is 0 Å². The van der Waals surface area contributed by atoms with Crippen molar-refractivity contribution >= 4 is 11.6 Å². The Labute approximate surface area is 181 Å². The highest BCUT2D eigenvalue weighted by Crippen LogP contribution is 2.27. The zero-order valence-corrected chi connectivity index (χ0v) is 18.6. The molecule has 0 saturated carbocycles. The van der Waals surface area contributed by atoms with Crippen LogP contribution in [0.2, 0.25) is 0 Å². The highest BCUT2D eigenvalue weighted by Gasteiger charge is 2.16. The summed E-state index contributed by atoms with van der Waals surface area (Å²) < 4.78 is 5.81. The largest absolute Gasteiger partial charge is 0.483 e. The van der Waals surface area contributed by atoms with Gasteiger partial charge >= 0.3 is 0 Å². The maximum atomic E-state index is 12.2. The van der Waals surface area contributed by atoms with Crippen LogP contribution in [-0.2, 0) is 4.79 Å². The Morgan fingerprint density at radius 3 is 2.50 bits per heavy atom. The average Bonchev–Trinajstić information content (AvgIpc) is 2.76. The van der Waals surface area contributed by atoms with Crippen LogP contribution >= 0.6 is 0 Å². The van der Waals surface area contributed by atoms with Crippen LogP contribution in [0.15, 0.2) is 48.5 Å². The highest BCUT2D eigenvalue weighted by molar-refractivity contribution is 5.77. The summed E-state index contributed by atoms with van der Waals surface area (Å²) >= 11 is 0. The van der Waals surface area contributed by atoms with Gasteiger partial charge in [0.05, 0.1) is 0 Å². The molecular formula is C25H35N3O2. The third-order valence-corrected chi connectivity index (χ3v) is 5.62. The molecule has 0 bridgehead atoms. The van der Waals surface area contributed by atoms with Crippen LogP contribution in [0.1, 0.15) is 37.3 Å². The Morgan fingerprint density at radius 1 is 1.07 bits per heavy atom. The molecule has 0 aromatic heterocycles. The molecule has 0 unspecified atom stereocenters. The molecule has 0 atom stereocenters. The summed E-state index contributed by atoms with van der Waals surface area (Å²) in [6.07, 6.45) is 0.957. The van der Waals surface area contributed by atoms with Crippen molar-refractivity contribution < 1.29 is 9.53 Å². The van der Waals surface area contributed by atoms with Gasteiger partial charge in [0.15, 0.2) is 6.61 Å². The molecule has 1 aliphatic heterocycles. The van der Waals surface area contributed by atoms with Crippen LogP contribution in [-0.4, -0.2) is 56.7 Å². The molecule has 162 valence electrons. The van der Waals surface area contributed by atoms with E-state index >= 15 is 0 Å². The second-order valence-corrected chi connectivity index (χ2v) is 8.35. The fourth-order valence-electron chi connectivity index (χ4n) is 3.84. The molecule has 5 heteroatoms. The predicted octanol–water partition coefficient (Wildman–Crippen LogP) is 3.83. The summed E-state index contributed by atoms with van der Waals surface area (Å²) in [5.74, 6) is 1.13. The second kappa shape index (κ2) is 11.0. The van der Waals surface area contributed by atoms with E-state index in [9.17, 15) is 4.79 Å². The molecule has 1 aliphatic rings. The first-order valence-corrected chi connectivity index (χ1v) is 11.1. The number of hydrogen-bond donors (Lipinski definition) is 1. The lowest BCUT2D eigenvalue weighted by Gasteiger charge is -2.36. The number of para-hydroxylation sites is 1. The SMILES string of the molecule is Cc1ccc(C(C)C)c(OCC(=O)NCCCN2CCN(c3ccccc3)CC2)c1. The maximum Gasteiger partial charge on any atom is 0.257 e. The summed E-state index contributed by atoms with van der Waals surface area (Å²) in [4.78, 5) is 17.1. The minimum absolute atomic E-state index is 0.0555. The van der Waals surface area contributed by atoms with E-state index in [1.807, 2.05) is 13.0 Å². The predicted molar refractivity (Wildman–Crippen MR) is 123 cm³/mol. The van der Waals surface area contributed by atoms with E-state index in [2.05, 4.69) is 71.4 Å². The van der Waals surface area contributed by atoms with E-state index < -0.39 is 0 Å². The number of anilines is 1. The standard InChI is InChI=1S/C25H35N3O2/c1-20(2)23-11-10-21(3)18-24(23)30-19-25(29)26-12-7-13-27-14-16-28(17-15-27)22-8-5-4-6-9-22/h4-6,8-11,18,20H,7,12-17,19H2,1-3H3,(H,26,29). The first kappa shape index (κ1) is 22.2. The molecule has 1 N–H and O–H groups in total. The summed E-state index contributed by atoms with van der Waals surface area (Å²) in [5, 5.41) is 2.99. The molecule has 2 aromatic rings. The molecule has 1 saturated heterocycles. The maximum absolute atomic E-state index is 12.2. The van der Waals surface area contributed by atoms with Crippen molar-refractivity contribution in [2.75, 3.05) is 50.8 Å². The van der Waals surface area contributed by atoms with Gasteiger partial charge in [-0.25, -0.2) is 0 Å². The van der Waals surface area contributed by atoms with E-state index in [0.29, 0.717) is 12.5 Å². The number of amides is 1. The molecule has 0 spiro atoms. The van der Waals surface area contributed by atoms with E-state index in [1.165, 1.54) is 5.69 Å². The van der Waals surface area contributed by atoms with Gasteiger partial charge in [-0.2, -0.15) is 0 Å². The molecule has 3 rings (SSSR count). The van der Waals surface area contributed by atoms with Crippen LogP contribution in [0, 0.1) is 6.92 Å². The molecule has 1 heterocycles. The molecule has 30 heavy (non-hydrogen) atoms. The Morgan fingerprint density at radius 2 is 1.80 bits per heavy atom. The lowest BCUT2D eigenvalue weighted by molar-refractivity contribution is -0.123. The van der Waals surface area contributed by atoms with E-state index in [0.717, 1.165) is 56.0 Å². The number of hydrogen-bond acceptors (Lipinski definition) is 4. The topological polar surface area (TPSA) is 44.8 Å². The Kier molecular flexibility index (Phi) is 8.14. The lowest BCUT2D eigenvalue weighted by atomic mass is 10.0. The van der Waals surface area contributed by atoms with Crippen molar-refractivity contribution in [2.45, 2.75) is 33.1 Å². The van der Waals surface area contributed by atoms with Gasteiger partial charge in [-0.05, 0) is 55.1 Å². The van der Waals surface area contributed by atoms with Gasteiger partial charge in [-0.15, -0.1) is 0 Å². The van der Waals surface area contributed by atoms with Gasteiger partial charge in [0.25, 0.3) is 5.91 Å². The van der Waals surface area contributed by atoms with Crippen LogP contribution < -0.4 is 15.0 Å². The molecule has 1 amide bonds. The first-order valence-electron chi connectivity index (χ1n) is 11.1. The zero-order chi connectivity index (χ0) is 21.3. The summed E-state index contributed by atoms with van der Waals surface area (Å²) in [5.41, 5.74) is 3.59. The van der Waals surface area contributed by atoms with Crippen molar-refractivity contribution in [1.29, 1.82) is 0 Å². The second-order valence-electron chi connectivity index (χ2n) is 8.35. The summed E-state index contributed by atoms with van der Waals surface area (Å²) in [6, 6.07) is 16.8. The third kappa shape index (κ3) is 6.49. The zero-order valence-electron chi connectivity index (χ0n) is 18.6. The minimum Gasteiger partial charge on any atom is -0.483 e. The molecule has 1 fully saturated rings. The van der Waals surface area contributed by atoms with Crippen molar-refractivity contribution in [3.63, 3.8) is 0 Å². The Hall–Kier alpha value is -2.53. The number of rotatable bonds is 9. The van der Waals surface area contributed by atoms with Crippen LogP contribution in [0.25, 0.3) is 0 Å². The van der Waals surface area contributed by atoms with Crippen LogP contribution in [0.3, 0.4) is 0 Å². The van der Waals surface area contributed by atoms with Gasteiger partial charge < -0.3 is 15.0 Å². The summed E-state index contributed by atoms with van der Waals surface area (Å²) in [7, 11) is 0. The smallest absolute Gasteiger partial charge is 0.257 e. The molecule has 0 aliphatic carbocycles. The fraction of sp³-hybridized carbons (Fsp3) is 0.480. The molecular weight excluding hydrogens is 374 g/mol. The van der Waals surface area contributed by atoms with Gasteiger partial charge in [0, 0.05) is 38.4 Å². The number of carbonyl (C=O) groups excluding carboxylic acids is 1. The lowest BCUT2D eigenvalue weighted by Crippen LogP contribution is -2.47. The minimum atomic E-state index is -0.0555. The van der Waals surface area contributed by atoms with Crippen LogP contribution in [0.5, 0.6) is 5.75 Å². The Bertz CT molecular complexity index is 799. The number of piperazine rings is 1.